The first kappa shape index (κ1) is 14.2. The molecule has 0 fully saturated rings. The van der Waals surface area contributed by atoms with Crippen LogP contribution in [0.3, 0.4) is 0 Å². The van der Waals surface area contributed by atoms with E-state index in [1.165, 1.54) is 0 Å². The molecule has 0 unspecified atom stereocenters. The van der Waals surface area contributed by atoms with Crippen molar-refractivity contribution in [1.29, 1.82) is 0 Å². The van der Waals surface area contributed by atoms with Crippen LogP contribution >= 0.6 is 0 Å². The molecule has 0 amide bonds. The Morgan fingerprint density at radius 2 is 1.92 bits per heavy atom. The fourth-order valence-corrected chi connectivity index (χ4v) is 0.331. The third kappa shape index (κ3) is 5.29. The van der Waals surface area contributed by atoms with E-state index in [-0.39, 0.29) is 29.6 Å². The summed E-state index contributed by atoms with van der Waals surface area (Å²) in [6.07, 6.45) is 2.51. The fraction of sp³-hybridized carbons (Fsp3) is 0.250. The third-order valence-corrected chi connectivity index (χ3v) is 1.11. The SMILES string of the molecule is C=CC(=O)OC(=O)C(C)=CC.[NaH]. The van der Waals surface area contributed by atoms with E-state index < -0.39 is 11.9 Å². The molecule has 0 aliphatic heterocycles. The predicted molar refractivity (Wildman–Crippen MR) is 47.9 cm³/mol. The number of rotatable bonds is 2. The molecular weight excluding hydrogens is 167 g/mol. The molecule has 62 valence electrons. The average Bonchev–Trinajstić information content (AvgIpc) is 2.02. The van der Waals surface area contributed by atoms with Crippen LogP contribution in [0.25, 0.3) is 0 Å². The maximum absolute atomic E-state index is 10.8. The van der Waals surface area contributed by atoms with Crippen molar-refractivity contribution in [3.8, 4) is 0 Å². The second kappa shape index (κ2) is 7.28. The summed E-state index contributed by atoms with van der Waals surface area (Å²) < 4.78 is 4.29. The number of esters is 2. The molecule has 0 aliphatic carbocycles. The molecule has 3 nitrogen and oxygen atoms in total. The Morgan fingerprint density at radius 1 is 1.42 bits per heavy atom. The number of hydrogen-bond acceptors (Lipinski definition) is 3. The molecule has 0 spiro atoms. The molecule has 0 atom stereocenters. The molecule has 0 rings (SSSR count). The van der Waals surface area contributed by atoms with Gasteiger partial charge in [0.1, 0.15) is 0 Å². The van der Waals surface area contributed by atoms with Crippen LogP contribution < -0.4 is 0 Å². The molecule has 0 aromatic carbocycles. The van der Waals surface area contributed by atoms with Crippen LogP contribution in [0, 0.1) is 0 Å². The molecule has 0 bridgehead atoms. The number of ether oxygens (including phenoxy) is 1. The Kier molecular flexibility index (Phi) is 8.59. The van der Waals surface area contributed by atoms with Crippen molar-refractivity contribution < 1.29 is 14.3 Å². The first-order chi connectivity index (χ1) is 5.11. The van der Waals surface area contributed by atoms with Gasteiger partial charge in [0.15, 0.2) is 0 Å². The normalized spacial score (nSPS) is 9.67. The molecule has 0 saturated heterocycles. The van der Waals surface area contributed by atoms with Gasteiger partial charge in [-0.3, -0.25) is 0 Å². The van der Waals surface area contributed by atoms with Crippen LogP contribution in [0.1, 0.15) is 13.8 Å². The van der Waals surface area contributed by atoms with Crippen molar-refractivity contribution in [1.82, 2.24) is 0 Å². The zero-order valence-electron chi connectivity index (χ0n) is 6.59. The summed E-state index contributed by atoms with van der Waals surface area (Å²) in [5.41, 5.74) is 0.403. The summed E-state index contributed by atoms with van der Waals surface area (Å²) in [4.78, 5) is 21.2. The maximum atomic E-state index is 10.8. The molecule has 0 aromatic rings. The number of carbonyl (C=O) groups is 2. The van der Waals surface area contributed by atoms with E-state index in [0.717, 1.165) is 6.08 Å². The molecule has 0 N–H and O–H groups in total. The van der Waals surface area contributed by atoms with Crippen molar-refractivity contribution >= 4 is 41.5 Å². The topological polar surface area (TPSA) is 43.4 Å². The number of allylic oxidation sites excluding steroid dienone is 1. The van der Waals surface area contributed by atoms with Crippen LogP contribution in [0.2, 0.25) is 0 Å². The van der Waals surface area contributed by atoms with E-state index in [4.69, 9.17) is 0 Å². The van der Waals surface area contributed by atoms with Gasteiger partial charge in [-0.2, -0.15) is 0 Å². The van der Waals surface area contributed by atoms with Crippen molar-refractivity contribution in [2.24, 2.45) is 0 Å². The van der Waals surface area contributed by atoms with Gasteiger partial charge < -0.3 is 4.74 Å². The van der Waals surface area contributed by atoms with E-state index in [1.807, 2.05) is 0 Å². The van der Waals surface area contributed by atoms with Crippen LogP contribution in [-0.4, -0.2) is 41.5 Å². The first-order valence-corrected chi connectivity index (χ1v) is 3.13. The molecule has 0 radical (unpaired) electrons. The van der Waals surface area contributed by atoms with Gasteiger partial charge in [-0.05, 0) is 13.8 Å². The zero-order valence-corrected chi connectivity index (χ0v) is 6.59. The Hall–Kier alpha value is -0.380. The fourth-order valence-electron chi connectivity index (χ4n) is 0.331. The van der Waals surface area contributed by atoms with Crippen LogP contribution in [-0.2, 0) is 14.3 Å². The van der Waals surface area contributed by atoms with E-state index in [1.54, 1.807) is 19.9 Å². The summed E-state index contributed by atoms with van der Waals surface area (Å²) >= 11 is 0. The standard InChI is InChI=1S/C8H10O3.Na.H/c1-4-6(3)8(10)11-7(9)5-2;;/h4-5H,2H2,1,3H3;;. The Balaban J connectivity index is 0. The number of hydrogen-bond donors (Lipinski definition) is 0. The average molecular weight is 178 g/mol. The van der Waals surface area contributed by atoms with Gasteiger partial charge >= 0.3 is 41.5 Å². The van der Waals surface area contributed by atoms with Gasteiger partial charge in [-0.25, -0.2) is 9.59 Å². The second-order valence-electron chi connectivity index (χ2n) is 1.88. The molecule has 0 aromatic heterocycles. The monoisotopic (exact) mass is 178 g/mol. The third-order valence-electron chi connectivity index (χ3n) is 1.11. The van der Waals surface area contributed by atoms with Crippen LogP contribution in [0.5, 0.6) is 0 Å². The minimum atomic E-state index is -0.726. The molecular formula is C8H11NaO3. The predicted octanol–water partition coefficient (Wildman–Crippen LogP) is 0.560. The van der Waals surface area contributed by atoms with E-state index in [0.29, 0.717) is 5.57 Å². The second-order valence-corrected chi connectivity index (χ2v) is 1.88. The van der Waals surface area contributed by atoms with Crippen molar-refractivity contribution in [3.05, 3.63) is 24.3 Å². The van der Waals surface area contributed by atoms with E-state index in [9.17, 15) is 9.59 Å². The molecule has 0 heterocycles. The Labute approximate surface area is 93.8 Å². The summed E-state index contributed by atoms with van der Waals surface area (Å²) in [6.45, 7) is 6.41. The Bertz CT molecular complexity index is 218. The van der Waals surface area contributed by atoms with Gasteiger partial charge in [0.05, 0.1) is 0 Å². The van der Waals surface area contributed by atoms with Crippen LogP contribution in [0.15, 0.2) is 24.3 Å². The summed E-state index contributed by atoms with van der Waals surface area (Å²) in [7, 11) is 0. The summed E-state index contributed by atoms with van der Waals surface area (Å²) in [5.74, 6) is -1.35. The molecule has 12 heavy (non-hydrogen) atoms. The quantitative estimate of drug-likeness (QED) is 0.268. The Morgan fingerprint density at radius 3 is 2.25 bits per heavy atom. The number of carbonyl (C=O) groups excluding carboxylic acids is 2. The van der Waals surface area contributed by atoms with Crippen LogP contribution in [0.4, 0.5) is 0 Å². The van der Waals surface area contributed by atoms with Gasteiger partial charge in [0.2, 0.25) is 0 Å². The summed E-state index contributed by atoms with van der Waals surface area (Å²) in [6, 6.07) is 0. The van der Waals surface area contributed by atoms with Gasteiger partial charge in [0.25, 0.3) is 0 Å². The molecule has 0 aliphatic rings. The molecule has 0 saturated carbocycles. The van der Waals surface area contributed by atoms with E-state index >= 15 is 0 Å². The van der Waals surface area contributed by atoms with Crippen molar-refractivity contribution in [3.63, 3.8) is 0 Å². The van der Waals surface area contributed by atoms with Gasteiger partial charge in [-0.1, -0.05) is 12.7 Å². The molecule has 4 heteroatoms. The van der Waals surface area contributed by atoms with Crippen molar-refractivity contribution in [2.75, 3.05) is 0 Å². The summed E-state index contributed by atoms with van der Waals surface area (Å²) in [5, 5.41) is 0. The zero-order chi connectivity index (χ0) is 8.85. The first-order valence-electron chi connectivity index (χ1n) is 3.13. The van der Waals surface area contributed by atoms with Gasteiger partial charge in [-0.15, -0.1) is 0 Å². The minimum absolute atomic E-state index is 0. The van der Waals surface area contributed by atoms with Gasteiger partial charge in [0, 0.05) is 11.6 Å². The van der Waals surface area contributed by atoms with Crippen molar-refractivity contribution in [2.45, 2.75) is 13.8 Å². The van der Waals surface area contributed by atoms with E-state index in [2.05, 4.69) is 11.3 Å².